The Balaban J connectivity index is 1.41. The van der Waals surface area contributed by atoms with Crippen LogP contribution < -0.4 is 15.5 Å². The molecule has 0 saturated carbocycles. The summed E-state index contributed by atoms with van der Waals surface area (Å²) in [7, 11) is 0. The van der Waals surface area contributed by atoms with Gasteiger partial charge in [-0.2, -0.15) is 0 Å². The number of thiocarbonyl (C=S) groups is 1. The monoisotopic (exact) mass is 400 g/mol. The van der Waals surface area contributed by atoms with E-state index in [2.05, 4.69) is 40.4 Å². The highest BCUT2D eigenvalue weighted by Crippen LogP contribution is 2.25. The molecule has 3 rings (SSSR count). The lowest BCUT2D eigenvalue weighted by atomic mass is 9.92. The molecule has 4 nitrogen and oxygen atoms in total. The summed E-state index contributed by atoms with van der Waals surface area (Å²) in [5, 5.41) is 6.99. The zero-order chi connectivity index (χ0) is 19.9. The first kappa shape index (κ1) is 20.5. The van der Waals surface area contributed by atoms with Crippen LogP contribution in [0.4, 0.5) is 15.9 Å². The van der Waals surface area contributed by atoms with Gasteiger partial charge in [0.05, 0.1) is 11.9 Å². The van der Waals surface area contributed by atoms with Crippen molar-refractivity contribution in [1.29, 1.82) is 0 Å². The Hall–Kier alpha value is -2.21. The predicted molar refractivity (Wildman–Crippen MR) is 118 cm³/mol. The van der Waals surface area contributed by atoms with E-state index in [1.807, 2.05) is 24.4 Å². The minimum Gasteiger partial charge on any atom is -0.362 e. The third-order valence-electron chi connectivity index (χ3n) is 5.04. The fourth-order valence-electron chi connectivity index (χ4n) is 3.82. The number of aromatic nitrogens is 1. The van der Waals surface area contributed by atoms with Gasteiger partial charge in [0.2, 0.25) is 0 Å². The summed E-state index contributed by atoms with van der Waals surface area (Å²) in [4.78, 5) is 6.98. The van der Waals surface area contributed by atoms with Crippen LogP contribution in [0, 0.1) is 17.7 Å². The second-order valence-electron chi connectivity index (χ2n) is 7.87. The Morgan fingerprint density at radius 1 is 1.14 bits per heavy atom. The quantitative estimate of drug-likeness (QED) is 0.547. The van der Waals surface area contributed by atoms with Crippen molar-refractivity contribution in [3.63, 3.8) is 0 Å². The van der Waals surface area contributed by atoms with E-state index in [0.717, 1.165) is 49.5 Å². The van der Waals surface area contributed by atoms with Crippen LogP contribution in [0.15, 0.2) is 42.6 Å². The van der Waals surface area contributed by atoms with Crippen molar-refractivity contribution >= 4 is 28.8 Å². The van der Waals surface area contributed by atoms with Gasteiger partial charge in [-0.3, -0.25) is 0 Å². The zero-order valence-electron chi connectivity index (χ0n) is 16.6. The molecule has 2 atom stereocenters. The summed E-state index contributed by atoms with van der Waals surface area (Å²) in [5.74, 6) is 2.24. The van der Waals surface area contributed by atoms with Crippen LogP contribution in [-0.2, 0) is 6.42 Å². The van der Waals surface area contributed by atoms with E-state index >= 15 is 0 Å². The third-order valence-corrected chi connectivity index (χ3v) is 5.29. The highest BCUT2D eigenvalue weighted by atomic mass is 32.1. The van der Waals surface area contributed by atoms with Crippen molar-refractivity contribution in [2.75, 3.05) is 29.9 Å². The number of nitrogens with zero attached hydrogens (tertiary/aromatic N) is 2. The van der Waals surface area contributed by atoms with Gasteiger partial charge in [0.1, 0.15) is 11.6 Å². The molecular formula is C22H29FN4S. The Labute approximate surface area is 172 Å². The lowest BCUT2D eigenvalue weighted by molar-refractivity contribution is 0.355. The number of hydrogen-bond acceptors (Lipinski definition) is 3. The minimum atomic E-state index is -0.198. The van der Waals surface area contributed by atoms with Gasteiger partial charge in [0.15, 0.2) is 5.11 Å². The minimum absolute atomic E-state index is 0.198. The predicted octanol–water partition coefficient (Wildman–Crippen LogP) is 4.62. The van der Waals surface area contributed by atoms with E-state index < -0.39 is 0 Å². The zero-order valence-corrected chi connectivity index (χ0v) is 17.4. The fraction of sp³-hybridized carbons (Fsp3) is 0.455. The van der Waals surface area contributed by atoms with Crippen LogP contribution >= 0.6 is 12.2 Å². The van der Waals surface area contributed by atoms with Gasteiger partial charge in [0.25, 0.3) is 0 Å². The molecule has 0 radical (unpaired) electrons. The molecule has 0 spiro atoms. The van der Waals surface area contributed by atoms with Gasteiger partial charge >= 0.3 is 0 Å². The molecule has 2 aromatic rings. The SMILES string of the molecule is C[C@H]1C[C@H](C)CN(c2ccc(NC(=S)NCCCc3ccc(F)cc3)cn2)C1. The molecule has 28 heavy (non-hydrogen) atoms. The second-order valence-corrected chi connectivity index (χ2v) is 8.28. The van der Waals surface area contributed by atoms with Gasteiger partial charge in [-0.15, -0.1) is 0 Å². The molecule has 0 amide bonds. The number of piperidine rings is 1. The van der Waals surface area contributed by atoms with E-state index in [4.69, 9.17) is 12.2 Å². The maximum atomic E-state index is 12.9. The molecular weight excluding hydrogens is 371 g/mol. The number of nitrogens with one attached hydrogen (secondary N) is 2. The molecule has 1 saturated heterocycles. The van der Waals surface area contributed by atoms with E-state index in [1.54, 1.807) is 0 Å². The van der Waals surface area contributed by atoms with E-state index in [0.29, 0.717) is 16.9 Å². The van der Waals surface area contributed by atoms with E-state index in [-0.39, 0.29) is 5.82 Å². The normalized spacial score (nSPS) is 19.3. The summed E-state index contributed by atoms with van der Waals surface area (Å²) in [6.45, 7) is 7.51. The molecule has 0 aliphatic carbocycles. The first-order chi connectivity index (χ1) is 13.5. The number of anilines is 2. The van der Waals surface area contributed by atoms with Crippen molar-refractivity contribution in [1.82, 2.24) is 10.3 Å². The van der Waals surface area contributed by atoms with Gasteiger partial charge < -0.3 is 15.5 Å². The summed E-state index contributed by atoms with van der Waals surface area (Å²) < 4.78 is 12.9. The number of benzene rings is 1. The Morgan fingerprint density at radius 2 is 1.86 bits per heavy atom. The van der Waals surface area contributed by atoms with Crippen LogP contribution in [-0.4, -0.2) is 29.7 Å². The number of pyridine rings is 1. The average molecular weight is 401 g/mol. The topological polar surface area (TPSA) is 40.2 Å². The number of hydrogen-bond donors (Lipinski definition) is 2. The maximum Gasteiger partial charge on any atom is 0.170 e. The lowest BCUT2D eigenvalue weighted by Gasteiger charge is -2.35. The van der Waals surface area contributed by atoms with Gasteiger partial charge in [-0.05, 0) is 73.1 Å². The Bertz CT molecular complexity index is 753. The Morgan fingerprint density at radius 3 is 2.50 bits per heavy atom. The molecule has 2 N–H and O–H groups in total. The maximum absolute atomic E-state index is 12.9. The van der Waals surface area contributed by atoms with E-state index in [1.165, 1.54) is 18.6 Å². The number of rotatable bonds is 6. The largest absolute Gasteiger partial charge is 0.362 e. The third kappa shape index (κ3) is 6.16. The van der Waals surface area contributed by atoms with Crippen LogP contribution in [0.2, 0.25) is 0 Å². The average Bonchev–Trinajstić information content (AvgIpc) is 2.66. The highest BCUT2D eigenvalue weighted by Gasteiger charge is 2.22. The van der Waals surface area contributed by atoms with Gasteiger partial charge in [-0.25, -0.2) is 9.37 Å². The van der Waals surface area contributed by atoms with Crippen molar-refractivity contribution in [3.8, 4) is 0 Å². The molecule has 1 aromatic carbocycles. The molecule has 6 heteroatoms. The van der Waals surface area contributed by atoms with Crippen molar-refractivity contribution in [2.24, 2.45) is 11.8 Å². The first-order valence-electron chi connectivity index (χ1n) is 10.00. The second kappa shape index (κ2) is 9.82. The summed E-state index contributed by atoms with van der Waals surface area (Å²) >= 11 is 5.36. The number of aryl methyl sites for hydroxylation is 1. The van der Waals surface area contributed by atoms with Crippen LogP contribution in [0.25, 0.3) is 0 Å². The molecule has 1 aliphatic rings. The van der Waals surface area contributed by atoms with Crippen LogP contribution in [0.3, 0.4) is 0 Å². The highest BCUT2D eigenvalue weighted by molar-refractivity contribution is 7.80. The fourth-order valence-corrected chi connectivity index (χ4v) is 4.04. The summed E-state index contributed by atoms with van der Waals surface area (Å²) in [6, 6.07) is 10.7. The van der Waals surface area contributed by atoms with Crippen molar-refractivity contribution < 1.29 is 4.39 Å². The molecule has 150 valence electrons. The summed E-state index contributed by atoms with van der Waals surface area (Å²) in [6.07, 6.45) is 4.94. The van der Waals surface area contributed by atoms with Crippen LogP contribution in [0.1, 0.15) is 32.3 Å². The van der Waals surface area contributed by atoms with Crippen molar-refractivity contribution in [2.45, 2.75) is 33.1 Å². The first-order valence-corrected chi connectivity index (χ1v) is 10.4. The summed E-state index contributed by atoms with van der Waals surface area (Å²) in [5.41, 5.74) is 2.01. The lowest BCUT2D eigenvalue weighted by Crippen LogP contribution is -2.39. The Kier molecular flexibility index (Phi) is 7.20. The number of halogens is 1. The standard InChI is InChI=1S/C22H29FN4S/c1-16-12-17(2)15-27(14-16)21-10-9-20(13-25-21)26-22(28)24-11-3-4-18-5-7-19(23)8-6-18/h5-10,13,16-17H,3-4,11-12,14-15H2,1-2H3,(H2,24,26,28)/t16-,17-/m0/s1. The molecule has 1 aliphatic heterocycles. The smallest absolute Gasteiger partial charge is 0.170 e. The van der Waals surface area contributed by atoms with Crippen LogP contribution in [0.5, 0.6) is 0 Å². The molecule has 0 unspecified atom stereocenters. The molecule has 1 aromatic heterocycles. The molecule has 0 bridgehead atoms. The van der Waals surface area contributed by atoms with Crippen molar-refractivity contribution in [3.05, 3.63) is 54.0 Å². The van der Waals surface area contributed by atoms with Gasteiger partial charge in [0, 0.05) is 19.6 Å². The molecule has 2 heterocycles. The van der Waals surface area contributed by atoms with E-state index in [9.17, 15) is 4.39 Å². The molecule has 1 fully saturated rings. The van der Waals surface area contributed by atoms with Gasteiger partial charge in [-0.1, -0.05) is 26.0 Å².